The Morgan fingerprint density at radius 1 is 1.00 bits per heavy atom. The van der Waals surface area contributed by atoms with Gasteiger partial charge in [-0.25, -0.2) is 4.98 Å². The molecule has 7 nitrogen and oxygen atoms in total. The fourth-order valence-electron chi connectivity index (χ4n) is 4.13. The van der Waals surface area contributed by atoms with Gasteiger partial charge < -0.3 is 9.88 Å². The van der Waals surface area contributed by atoms with Crippen LogP contribution >= 0.6 is 11.3 Å². The lowest BCUT2D eigenvalue weighted by Gasteiger charge is -2.10. The topological polar surface area (TPSA) is 86.4 Å². The van der Waals surface area contributed by atoms with Gasteiger partial charge in [-0.15, -0.1) is 0 Å². The van der Waals surface area contributed by atoms with Crippen molar-refractivity contribution in [1.29, 1.82) is 0 Å². The Morgan fingerprint density at radius 3 is 2.79 bits per heavy atom. The van der Waals surface area contributed by atoms with Crippen LogP contribution in [0, 0.1) is 0 Å². The quantitative estimate of drug-likeness (QED) is 0.369. The van der Waals surface area contributed by atoms with Gasteiger partial charge >= 0.3 is 0 Å². The van der Waals surface area contributed by atoms with E-state index < -0.39 is 0 Å². The maximum absolute atomic E-state index is 4.94. The van der Waals surface area contributed by atoms with Gasteiger partial charge in [0.1, 0.15) is 5.69 Å². The first-order chi connectivity index (χ1) is 16.2. The van der Waals surface area contributed by atoms with Crippen molar-refractivity contribution in [2.75, 3.05) is 14.1 Å². The number of hydrogen-bond acceptors (Lipinski definition) is 6. The predicted octanol–water partition coefficient (Wildman–Crippen LogP) is 5.35. The minimum absolute atomic E-state index is 0.732. The van der Waals surface area contributed by atoms with Gasteiger partial charge in [-0.3, -0.25) is 15.1 Å². The highest BCUT2D eigenvalue weighted by Gasteiger charge is 2.16. The minimum Gasteiger partial charge on any atom is -0.337 e. The summed E-state index contributed by atoms with van der Waals surface area (Å²) in [7, 11) is 4.09. The third-order valence-electron chi connectivity index (χ3n) is 5.61. The molecular formula is C25H21N7S. The van der Waals surface area contributed by atoms with Crippen LogP contribution in [0.4, 0.5) is 0 Å². The first-order valence-electron chi connectivity index (χ1n) is 10.6. The van der Waals surface area contributed by atoms with Crippen molar-refractivity contribution in [1.82, 2.24) is 35.0 Å². The average molecular weight is 452 g/mol. The van der Waals surface area contributed by atoms with E-state index in [1.54, 1.807) is 11.3 Å². The molecule has 0 aliphatic rings. The summed E-state index contributed by atoms with van der Waals surface area (Å²) in [5.74, 6) is 0.732. The zero-order valence-corrected chi connectivity index (χ0v) is 19.0. The molecule has 0 spiro atoms. The van der Waals surface area contributed by atoms with Gasteiger partial charge in [-0.2, -0.15) is 16.4 Å². The molecule has 0 saturated heterocycles. The number of hydrogen-bond donors (Lipinski definition) is 2. The van der Waals surface area contributed by atoms with E-state index in [1.807, 2.05) is 38.8 Å². The van der Waals surface area contributed by atoms with Crippen LogP contribution in [-0.4, -0.2) is 49.1 Å². The van der Waals surface area contributed by atoms with Crippen molar-refractivity contribution >= 4 is 33.3 Å². The summed E-state index contributed by atoms with van der Waals surface area (Å²) in [6.07, 6.45) is 5.56. The van der Waals surface area contributed by atoms with E-state index in [1.165, 1.54) is 5.56 Å². The lowest BCUT2D eigenvalue weighted by Crippen LogP contribution is -2.10. The Kier molecular flexibility index (Phi) is 4.74. The molecule has 0 aliphatic heterocycles. The minimum atomic E-state index is 0.732. The lowest BCUT2D eigenvalue weighted by atomic mass is 10.1. The maximum atomic E-state index is 4.94. The molecule has 162 valence electrons. The first-order valence-corrected chi connectivity index (χ1v) is 11.5. The number of benzene rings is 1. The molecule has 0 unspecified atom stereocenters. The van der Waals surface area contributed by atoms with E-state index in [0.29, 0.717) is 0 Å². The SMILES string of the molecule is CN(C)Cc1cncc(-c2cc3c(-c4nc5c(-c6ccsc6)cccc5[nH]4)n[nH]c3cn2)c1. The van der Waals surface area contributed by atoms with Crippen LogP contribution in [0.25, 0.3) is 55.8 Å². The Morgan fingerprint density at radius 2 is 1.94 bits per heavy atom. The molecule has 0 amide bonds. The molecular weight excluding hydrogens is 430 g/mol. The second-order valence-corrected chi connectivity index (χ2v) is 9.09. The van der Waals surface area contributed by atoms with Gasteiger partial charge in [0, 0.05) is 35.5 Å². The summed E-state index contributed by atoms with van der Waals surface area (Å²) in [5, 5.41) is 12.9. The van der Waals surface area contributed by atoms with Gasteiger partial charge in [-0.05, 0) is 60.2 Å². The van der Waals surface area contributed by atoms with Gasteiger partial charge in [0.25, 0.3) is 0 Å². The molecule has 6 rings (SSSR count). The molecule has 1 aromatic carbocycles. The molecule has 0 fully saturated rings. The smallest absolute Gasteiger partial charge is 0.159 e. The monoisotopic (exact) mass is 451 g/mol. The van der Waals surface area contributed by atoms with E-state index in [0.717, 1.165) is 62.4 Å². The first kappa shape index (κ1) is 19.8. The number of aromatic nitrogens is 6. The number of imidazole rings is 1. The van der Waals surface area contributed by atoms with Gasteiger partial charge in [-0.1, -0.05) is 12.1 Å². The van der Waals surface area contributed by atoms with Crippen molar-refractivity contribution in [2.24, 2.45) is 0 Å². The Labute approximate surface area is 194 Å². The molecule has 0 radical (unpaired) electrons. The highest BCUT2D eigenvalue weighted by Crippen LogP contribution is 2.33. The predicted molar refractivity (Wildman–Crippen MR) is 133 cm³/mol. The van der Waals surface area contributed by atoms with Crippen LogP contribution in [0.2, 0.25) is 0 Å². The summed E-state index contributed by atoms with van der Waals surface area (Å²) in [4.78, 5) is 19.6. The number of pyridine rings is 2. The highest BCUT2D eigenvalue weighted by atomic mass is 32.1. The molecule has 5 heterocycles. The standard InChI is InChI=1S/C25H21N7S/c1-32(2)13-15-8-17(11-26-10-15)21-9-19-22(12-27-21)30-31-24(19)25-28-20-5-3-4-18(23(20)29-25)16-6-7-33-14-16/h3-12,14H,13H2,1-2H3,(H,28,29)(H,30,31). The van der Waals surface area contributed by atoms with Crippen molar-refractivity contribution in [3.05, 3.63) is 71.3 Å². The van der Waals surface area contributed by atoms with Crippen LogP contribution in [0.5, 0.6) is 0 Å². The number of aromatic amines is 2. The number of nitrogens with zero attached hydrogens (tertiary/aromatic N) is 5. The van der Waals surface area contributed by atoms with Gasteiger partial charge in [0.2, 0.25) is 0 Å². The van der Waals surface area contributed by atoms with Crippen LogP contribution in [-0.2, 0) is 6.54 Å². The molecule has 5 aromatic heterocycles. The Hall–Kier alpha value is -3.88. The summed E-state index contributed by atoms with van der Waals surface area (Å²) < 4.78 is 0. The van der Waals surface area contributed by atoms with Crippen LogP contribution < -0.4 is 0 Å². The third kappa shape index (κ3) is 3.59. The van der Waals surface area contributed by atoms with Crippen LogP contribution in [0.15, 0.2) is 65.7 Å². The van der Waals surface area contributed by atoms with Gasteiger partial charge in [0.05, 0.1) is 28.4 Å². The van der Waals surface area contributed by atoms with Crippen LogP contribution in [0.1, 0.15) is 5.56 Å². The normalized spacial score (nSPS) is 11.7. The summed E-state index contributed by atoms with van der Waals surface area (Å²) in [5.41, 5.74) is 8.83. The van der Waals surface area contributed by atoms with E-state index in [-0.39, 0.29) is 0 Å². The number of thiophene rings is 1. The lowest BCUT2D eigenvalue weighted by molar-refractivity contribution is 0.402. The average Bonchev–Trinajstić information content (AvgIpc) is 3.57. The molecule has 6 aromatic rings. The fraction of sp³-hybridized carbons (Fsp3) is 0.120. The number of H-pyrrole nitrogens is 2. The number of nitrogens with one attached hydrogen (secondary N) is 2. The molecule has 8 heteroatoms. The molecule has 2 N–H and O–H groups in total. The van der Waals surface area contributed by atoms with Crippen molar-refractivity contribution in [3.8, 4) is 33.9 Å². The Balaban J connectivity index is 1.45. The zero-order chi connectivity index (χ0) is 22.4. The zero-order valence-electron chi connectivity index (χ0n) is 18.2. The molecule has 0 bridgehead atoms. The summed E-state index contributed by atoms with van der Waals surface area (Å²) >= 11 is 1.68. The van der Waals surface area contributed by atoms with Crippen molar-refractivity contribution < 1.29 is 0 Å². The molecule has 33 heavy (non-hydrogen) atoms. The molecule has 0 saturated carbocycles. The van der Waals surface area contributed by atoms with E-state index in [2.05, 4.69) is 71.1 Å². The van der Waals surface area contributed by atoms with Crippen molar-refractivity contribution in [3.63, 3.8) is 0 Å². The third-order valence-corrected chi connectivity index (χ3v) is 6.29. The fourth-order valence-corrected chi connectivity index (χ4v) is 4.79. The number of rotatable bonds is 5. The summed E-state index contributed by atoms with van der Waals surface area (Å²) in [6, 6.07) is 12.5. The largest absolute Gasteiger partial charge is 0.337 e. The second kappa shape index (κ2) is 7.91. The van der Waals surface area contributed by atoms with Gasteiger partial charge in [0.15, 0.2) is 5.82 Å². The van der Waals surface area contributed by atoms with E-state index >= 15 is 0 Å². The Bertz CT molecular complexity index is 1580. The number of para-hydroxylation sites is 1. The maximum Gasteiger partial charge on any atom is 0.159 e. The van der Waals surface area contributed by atoms with E-state index in [9.17, 15) is 0 Å². The highest BCUT2D eigenvalue weighted by molar-refractivity contribution is 7.08. The summed E-state index contributed by atoms with van der Waals surface area (Å²) in [6.45, 7) is 0.825. The number of fused-ring (bicyclic) bond motifs is 2. The van der Waals surface area contributed by atoms with Crippen LogP contribution in [0.3, 0.4) is 0 Å². The molecule has 0 aliphatic carbocycles. The van der Waals surface area contributed by atoms with E-state index in [4.69, 9.17) is 4.98 Å². The van der Waals surface area contributed by atoms with Crippen molar-refractivity contribution in [2.45, 2.75) is 6.54 Å². The second-order valence-electron chi connectivity index (χ2n) is 8.31. The molecule has 0 atom stereocenters.